The van der Waals surface area contributed by atoms with Crippen molar-refractivity contribution in [1.82, 2.24) is 4.90 Å². The molecule has 1 N–H and O–H groups in total. The molecule has 0 aliphatic carbocycles. The number of likely N-dealkylation sites (tertiary alicyclic amines) is 1. The summed E-state index contributed by atoms with van der Waals surface area (Å²) in [6.07, 6.45) is 0.619. The summed E-state index contributed by atoms with van der Waals surface area (Å²) in [6, 6.07) is 2.44. The van der Waals surface area contributed by atoms with Crippen LogP contribution in [-0.4, -0.2) is 67.3 Å². The number of nitro groups is 1. The molecule has 148 valence electrons. The molecule has 0 saturated carbocycles. The van der Waals surface area contributed by atoms with Crippen molar-refractivity contribution in [2.45, 2.75) is 12.8 Å². The van der Waals surface area contributed by atoms with Crippen molar-refractivity contribution in [2.24, 2.45) is 5.92 Å². The molecule has 1 saturated heterocycles. The molecule has 10 nitrogen and oxygen atoms in total. The minimum atomic E-state index is -0.896. The van der Waals surface area contributed by atoms with Gasteiger partial charge >= 0.3 is 5.97 Å². The Morgan fingerprint density at radius 1 is 1.22 bits per heavy atom. The second-order valence-corrected chi connectivity index (χ2v) is 6.02. The van der Waals surface area contributed by atoms with E-state index >= 15 is 0 Å². The van der Waals surface area contributed by atoms with E-state index in [1.807, 2.05) is 0 Å². The van der Waals surface area contributed by atoms with Crippen LogP contribution in [0.15, 0.2) is 12.1 Å². The van der Waals surface area contributed by atoms with Crippen molar-refractivity contribution in [1.29, 1.82) is 0 Å². The van der Waals surface area contributed by atoms with E-state index in [0.717, 1.165) is 6.07 Å². The van der Waals surface area contributed by atoms with Crippen LogP contribution in [0.5, 0.6) is 11.5 Å². The van der Waals surface area contributed by atoms with E-state index in [2.05, 4.69) is 0 Å². The molecular weight excluding hydrogens is 360 g/mol. The maximum Gasteiger partial charge on any atom is 0.306 e. The summed E-state index contributed by atoms with van der Waals surface area (Å²) < 4.78 is 15.5. The molecule has 0 spiro atoms. The minimum Gasteiger partial charge on any atom is -0.493 e. The molecule has 1 heterocycles. The Balaban J connectivity index is 2.27. The number of ether oxygens (including phenoxy) is 3. The van der Waals surface area contributed by atoms with Crippen LogP contribution in [0.4, 0.5) is 5.69 Å². The molecule has 0 atom stereocenters. The molecule has 1 aromatic carbocycles. The number of hydrogen-bond acceptors (Lipinski definition) is 7. The van der Waals surface area contributed by atoms with Crippen LogP contribution in [0, 0.1) is 16.0 Å². The number of carbonyl (C=O) groups is 2. The number of carboxylic acid groups (broad SMARTS) is 1. The highest BCUT2D eigenvalue weighted by Gasteiger charge is 2.32. The second kappa shape index (κ2) is 9.17. The summed E-state index contributed by atoms with van der Waals surface area (Å²) in [7, 11) is 2.87. The van der Waals surface area contributed by atoms with Gasteiger partial charge in [0, 0.05) is 26.3 Å². The van der Waals surface area contributed by atoms with E-state index in [4.69, 9.17) is 19.3 Å². The lowest BCUT2D eigenvalue weighted by molar-refractivity contribution is -0.385. The predicted molar refractivity (Wildman–Crippen MR) is 93.3 cm³/mol. The highest BCUT2D eigenvalue weighted by Crippen LogP contribution is 2.36. The van der Waals surface area contributed by atoms with Crippen molar-refractivity contribution >= 4 is 17.6 Å². The lowest BCUT2D eigenvalue weighted by Gasteiger charge is -2.30. The molecule has 10 heteroatoms. The number of methoxy groups -OCH3 is 2. The Morgan fingerprint density at radius 2 is 1.89 bits per heavy atom. The quantitative estimate of drug-likeness (QED) is 0.407. The molecule has 27 heavy (non-hydrogen) atoms. The molecule has 0 radical (unpaired) electrons. The third-order valence-corrected chi connectivity index (χ3v) is 4.39. The zero-order chi connectivity index (χ0) is 20.0. The fraction of sp³-hybridized carbons (Fsp3) is 0.529. The maximum atomic E-state index is 12.8. The number of hydrogen-bond donors (Lipinski definition) is 1. The van der Waals surface area contributed by atoms with Gasteiger partial charge < -0.3 is 24.2 Å². The maximum absolute atomic E-state index is 12.8. The van der Waals surface area contributed by atoms with Crippen LogP contribution in [-0.2, 0) is 9.53 Å². The van der Waals surface area contributed by atoms with E-state index in [1.54, 1.807) is 0 Å². The first kappa shape index (κ1) is 20.4. The first-order chi connectivity index (χ1) is 12.9. The van der Waals surface area contributed by atoms with Crippen molar-refractivity contribution in [3.8, 4) is 11.5 Å². The normalized spacial score (nSPS) is 14.7. The highest BCUT2D eigenvalue weighted by atomic mass is 16.6. The number of carbonyl (C=O) groups excluding carboxylic acids is 1. The monoisotopic (exact) mass is 382 g/mol. The molecule has 1 aliphatic rings. The Bertz CT molecular complexity index is 713. The number of nitrogens with zero attached hydrogens (tertiary/aromatic N) is 2. The van der Waals surface area contributed by atoms with E-state index in [0.29, 0.717) is 12.8 Å². The molecule has 0 bridgehead atoms. The van der Waals surface area contributed by atoms with E-state index in [9.17, 15) is 19.7 Å². The Kier molecular flexibility index (Phi) is 6.94. The number of amides is 1. The number of benzene rings is 1. The van der Waals surface area contributed by atoms with Crippen LogP contribution in [0.2, 0.25) is 0 Å². The topological polar surface area (TPSA) is 128 Å². The molecule has 0 aromatic heterocycles. The molecule has 1 aliphatic heterocycles. The number of aliphatic carboxylic acids is 1. The Morgan fingerprint density at radius 3 is 2.41 bits per heavy atom. The van der Waals surface area contributed by atoms with Gasteiger partial charge in [-0.3, -0.25) is 19.7 Å². The van der Waals surface area contributed by atoms with Gasteiger partial charge in [0.15, 0.2) is 11.5 Å². The summed E-state index contributed by atoms with van der Waals surface area (Å²) in [4.78, 5) is 36.1. The van der Waals surface area contributed by atoms with Crippen molar-refractivity contribution in [3.63, 3.8) is 0 Å². The third-order valence-electron chi connectivity index (χ3n) is 4.39. The van der Waals surface area contributed by atoms with Gasteiger partial charge in [0.05, 0.1) is 30.6 Å². The largest absolute Gasteiger partial charge is 0.493 e. The first-order valence-electron chi connectivity index (χ1n) is 8.39. The fourth-order valence-electron chi connectivity index (χ4n) is 2.88. The van der Waals surface area contributed by atoms with Gasteiger partial charge in [0.1, 0.15) is 12.2 Å². The van der Waals surface area contributed by atoms with E-state index in [1.165, 1.54) is 25.2 Å². The van der Waals surface area contributed by atoms with Crippen LogP contribution >= 0.6 is 0 Å². The van der Waals surface area contributed by atoms with Gasteiger partial charge in [-0.2, -0.15) is 0 Å². The van der Waals surface area contributed by atoms with Gasteiger partial charge in [0.2, 0.25) is 0 Å². The van der Waals surface area contributed by atoms with Crippen LogP contribution < -0.4 is 9.47 Å². The summed E-state index contributed by atoms with van der Waals surface area (Å²) in [5.74, 6) is -1.60. The fourth-order valence-corrected chi connectivity index (χ4v) is 2.88. The number of carboxylic acids is 1. The minimum absolute atomic E-state index is 0.121. The van der Waals surface area contributed by atoms with Crippen molar-refractivity contribution < 1.29 is 33.8 Å². The third kappa shape index (κ3) is 4.85. The van der Waals surface area contributed by atoms with Crippen molar-refractivity contribution in [3.05, 3.63) is 27.8 Å². The first-order valence-corrected chi connectivity index (χ1v) is 8.39. The number of nitro benzene ring substituents is 1. The SMILES string of the molecule is COCCOc1cc([N+](=O)[O-])c(C(=O)N2CCC(C(=O)O)CC2)cc1OC. The lowest BCUT2D eigenvalue weighted by Crippen LogP contribution is -2.40. The van der Waals surface area contributed by atoms with Gasteiger partial charge in [-0.1, -0.05) is 0 Å². The second-order valence-electron chi connectivity index (χ2n) is 6.02. The summed E-state index contributed by atoms with van der Waals surface area (Å²) in [5.41, 5.74) is -0.515. The summed E-state index contributed by atoms with van der Waals surface area (Å²) >= 11 is 0. The molecule has 1 fully saturated rings. The van der Waals surface area contributed by atoms with E-state index < -0.39 is 28.4 Å². The summed E-state index contributed by atoms with van der Waals surface area (Å²) in [6.45, 7) is 0.902. The van der Waals surface area contributed by atoms with Gasteiger partial charge in [-0.15, -0.1) is 0 Å². The molecule has 0 unspecified atom stereocenters. The molecule has 1 amide bonds. The molecule has 1 aromatic rings. The van der Waals surface area contributed by atoms with Crippen LogP contribution in [0.25, 0.3) is 0 Å². The smallest absolute Gasteiger partial charge is 0.306 e. The molecular formula is C17H22N2O8. The van der Waals surface area contributed by atoms with Gasteiger partial charge in [-0.25, -0.2) is 0 Å². The number of rotatable bonds is 8. The average molecular weight is 382 g/mol. The van der Waals surface area contributed by atoms with Crippen molar-refractivity contribution in [2.75, 3.05) is 40.5 Å². The predicted octanol–water partition coefficient (Wildman–Crippen LogP) is 1.57. The average Bonchev–Trinajstić information content (AvgIpc) is 2.67. The zero-order valence-electron chi connectivity index (χ0n) is 15.2. The van der Waals surface area contributed by atoms with Gasteiger partial charge in [-0.05, 0) is 12.8 Å². The van der Waals surface area contributed by atoms with E-state index in [-0.39, 0.29) is 43.4 Å². The standard InChI is InChI=1S/C17H22N2O8/c1-25-7-8-27-15-10-13(19(23)24)12(9-14(15)26-2)16(20)18-5-3-11(4-6-18)17(21)22/h9-11H,3-8H2,1-2H3,(H,21,22). The van der Waals surface area contributed by atoms with Crippen LogP contribution in [0.1, 0.15) is 23.2 Å². The lowest BCUT2D eigenvalue weighted by atomic mass is 9.96. The van der Waals surface area contributed by atoms with Gasteiger partial charge in [0.25, 0.3) is 11.6 Å². The highest BCUT2D eigenvalue weighted by molar-refractivity contribution is 5.99. The van der Waals surface area contributed by atoms with Crippen LogP contribution in [0.3, 0.4) is 0 Å². The number of piperidine rings is 1. The summed E-state index contributed by atoms with van der Waals surface area (Å²) in [5, 5.41) is 20.5. The zero-order valence-corrected chi connectivity index (χ0v) is 15.2. The Labute approximate surface area is 155 Å². The molecule has 2 rings (SSSR count). The Hall–Kier alpha value is -2.88.